The van der Waals surface area contributed by atoms with Gasteiger partial charge in [0, 0.05) is 33.2 Å². The van der Waals surface area contributed by atoms with E-state index in [-0.39, 0.29) is 12.6 Å². The van der Waals surface area contributed by atoms with Crippen LogP contribution in [0, 0.1) is 12.3 Å². The number of urea groups is 1. The molecule has 1 heterocycles. The molecule has 100 valence electrons. The molecule has 6 heteroatoms. The van der Waals surface area contributed by atoms with Crippen molar-refractivity contribution < 1.29 is 14.7 Å². The predicted molar refractivity (Wildman–Crippen MR) is 67.1 cm³/mol. The maximum Gasteiger partial charge on any atom is 0.320 e. The zero-order valence-corrected chi connectivity index (χ0v) is 10.8. The van der Waals surface area contributed by atoms with Crippen LogP contribution in [0.15, 0.2) is 0 Å². The highest BCUT2D eigenvalue weighted by molar-refractivity contribution is 5.75. The van der Waals surface area contributed by atoms with E-state index in [1.54, 1.807) is 18.9 Å². The molecular weight excluding hydrogens is 234 g/mol. The van der Waals surface area contributed by atoms with Crippen molar-refractivity contribution in [2.45, 2.75) is 13.0 Å². The Labute approximate surface area is 107 Å². The van der Waals surface area contributed by atoms with Crippen LogP contribution in [-0.4, -0.2) is 77.6 Å². The molecule has 0 aromatic carbocycles. The van der Waals surface area contributed by atoms with Gasteiger partial charge in [0.2, 0.25) is 0 Å². The Hall–Kier alpha value is -1.74. The minimum absolute atomic E-state index is 0.101. The first-order valence-corrected chi connectivity index (χ1v) is 5.87. The van der Waals surface area contributed by atoms with Gasteiger partial charge < -0.3 is 14.9 Å². The molecule has 0 radical (unpaired) electrons. The molecular formula is C12H19N3O3. The van der Waals surface area contributed by atoms with Gasteiger partial charge in [0.05, 0.1) is 6.54 Å². The number of carboxylic acids is 1. The summed E-state index contributed by atoms with van der Waals surface area (Å²) in [6.07, 6.45) is 5.16. The lowest BCUT2D eigenvalue weighted by atomic mass is 10.2. The van der Waals surface area contributed by atoms with Gasteiger partial charge in [-0.25, -0.2) is 4.79 Å². The van der Waals surface area contributed by atoms with E-state index < -0.39 is 12.0 Å². The van der Waals surface area contributed by atoms with Crippen LogP contribution in [0.4, 0.5) is 4.79 Å². The predicted octanol–water partition coefficient (Wildman–Crippen LogP) is -0.238. The fourth-order valence-electron chi connectivity index (χ4n) is 1.90. The van der Waals surface area contributed by atoms with Crippen molar-refractivity contribution in [1.29, 1.82) is 0 Å². The number of aliphatic carboxylic acids is 1. The van der Waals surface area contributed by atoms with Crippen LogP contribution in [0.1, 0.15) is 6.92 Å². The standard InChI is InChI=1S/C12H19N3O3/c1-4-5-13(3)12(18)15-8-6-14(7-9-15)10(2)11(16)17/h1,10H,5-9H2,2-3H3,(H,16,17). The summed E-state index contributed by atoms with van der Waals surface area (Å²) < 4.78 is 0. The number of rotatable bonds is 3. The number of piperazine rings is 1. The van der Waals surface area contributed by atoms with Crippen LogP contribution in [-0.2, 0) is 4.79 Å². The molecule has 1 rings (SSSR count). The van der Waals surface area contributed by atoms with Crippen LogP contribution < -0.4 is 0 Å². The van der Waals surface area contributed by atoms with Crippen molar-refractivity contribution in [3.8, 4) is 12.3 Å². The van der Waals surface area contributed by atoms with Crippen LogP contribution in [0.2, 0.25) is 0 Å². The molecule has 1 aliphatic rings. The van der Waals surface area contributed by atoms with E-state index in [9.17, 15) is 9.59 Å². The van der Waals surface area contributed by atoms with Crippen molar-refractivity contribution in [3.05, 3.63) is 0 Å². The summed E-state index contributed by atoms with van der Waals surface area (Å²) in [7, 11) is 1.66. The Morgan fingerprint density at radius 3 is 2.39 bits per heavy atom. The maximum absolute atomic E-state index is 11.9. The summed E-state index contributed by atoms with van der Waals surface area (Å²) in [5.41, 5.74) is 0. The first kappa shape index (κ1) is 14.3. The third-order valence-electron chi connectivity index (χ3n) is 3.14. The minimum Gasteiger partial charge on any atom is -0.480 e. The molecule has 0 aliphatic carbocycles. The number of terminal acetylenes is 1. The Morgan fingerprint density at radius 2 is 1.94 bits per heavy atom. The average molecular weight is 253 g/mol. The molecule has 0 spiro atoms. The van der Waals surface area contributed by atoms with Gasteiger partial charge in [-0.15, -0.1) is 6.42 Å². The highest BCUT2D eigenvalue weighted by Gasteiger charge is 2.28. The van der Waals surface area contributed by atoms with Gasteiger partial charge in [-0.3, -0.25) is 9.69 Å². The van der Waals surface area contributed by atoms with Gasteiger partial charge in [0.1, 0.15) is 6.04 Å². The summed E-state index contributed by atoms with van der Waals surface area (Å²) in [6.45, 7) is 4.15. The highest BCUT2D eigenvalue weighted by atomic mass is 16.4. The van der Waals surface area contributed by atoms with Crippen LogP contribution in [0.25, 0.3) is 0 Å². The fraction of sp³-hybridized carbons (Fsp3) is 0.667. The largest absolute Gasteiger partial charge is 0.480 e. The molecule has 0 aromatic heterocycles. The fourth-order valence-corrected chi connectivity index (χ4v) is 1.90. The second-order valence-electron chi connectivity index (χ2n) is 4.38. The Kier molecular flexibility index (Phi) is 4.98. The molecule has 18 heavy (non-hydrogen) atoms. The minimum atomic E-state index is -0.834. The van der Waals surface area contributed by atoms with Crippen LogP contribution in [0.5, 0.6) is 0 Å². The van der Waals surface area contributed by atoms with Gasteiger partial charge in [0.25, 0.3) is 0 Å². The summed E-state index contributed by atoms with van der Waals surface area (Å²) in [6, 6.07) is -0.610. The van der Waals surface area contributed by atoms with Gasteiger partial charge in [-0.2, -0.15) is 0 Å². The van der Waals surface area contributed by atoms with Gasteiger partial charge >= 0.3 is 12.0 Å². The number of carbonyl (C=O) groups is 2. The topological polar surface area (TPSA) is 64.1 Å². The molecule has 6 nitrogen and oxygen atoms in total. The van der Waals surface area contributed by atoms with E-state index in [1.165, 1.54) is 4.90 Å². The number of amides is 2. The molecule has 2 amide bonds. The normalized spacial score (nSPS) is 17.9. The summed E-state index contributed by atoms with van der Waals surface area (Å²) >= 11 is 0. The number of nitrogens with zero attached hydrogens (tertiary/aromatic N) is 3. The number of carbonyl (C=O) groups excluding carboxylic acids is 1. The molecule has 1 N–H and O–H groups in total. The third-order valence-corrected chi connectivity index (χ3v) is 3.14. The van der Waals surface area contributed by atoms with E-state index in [0.717, 1.165) is 0 Å². The van der Waals surface area contributed by atoms with Crippen LogP contribution in [0.3, 0.4) is 0 Å². The van der Waals surface area contributed by atoms with Crippen molar-refractivity contribution >= 4 is 12.0 Å². The van der Waals surface area contributed by atoms with Crippen LogP contribution >= 0.6 is 0 Å². The zero-order chi connectivity index (χ0) is 13.7. The second kappa shape index (κ2) is 6.26. The lowest BCUT2D eigenvalue weighted by Gasteiger charge is -2.37. The molecule has 1 saturated heterocycles. The summed E-state index contributed by atoms with van der Waals surface area (Å²) in [5, 5.41) is 8.91. The molecule has 0 saturated carbocycles. The third kappa shape index (κ3) is 3.37. The van der Waals surface area contributed by atoms with E-state index in [4.69, 9.17) is 11.5 Å². The average Bonchev–Trinajstić information content (AvgIpc) is 2.37. The monoisotopic (exact) mass is 253 g/mol. The van der Waals surface area contributed by atoms with Crippen molar-refractivity contribution in [1.82, 2.24) is 14.7 Å². The smallest absolute Gasteiger partial charge is 0.320 e. The molecule has 1 unspecified atom stereocenters. The molecule has 0 bridgehead atoms. The summed E-state index contributed by atoms with van der Waals surface area (Å²) in [4.78, 5) is 27.8. The van der Waals surface area contributed by atoms with Crippen molar-refractivity contribution in [3.63, 3.8) is 0 Å². The SMILES string of the molecule is C#CCN(C)C(=O)N1CCN(C(C)C(=O)O)CC1. The van der Waals surface area contributed by atoms with E-state index >= 15 is 0 Å². The van der Waals surface area contributed by atoms with E-state index in [0.29, 0.717) is 26.2 Å². The Morgan fingerprint density at radius 1 is 1.39 bits per heavy atom. The van der Waals surface area contributed by atoms with Gasteiger partial charge in [-0.1, -0.05) is 5.92 Å². The summed E-state index contributed by atoms with van der Waals surface area (Å²) in [5.74, 6) is 1.59. The zero-order valence-electron chi connectivity index (χ0n) is 10.8. The second-order valence-corrected chi connectivity index (χ2v) is 4.38. The van der Waals surface area contributed by atoms with Crippen molar-refractivity contribution in [2.75, 3.05) is 39.8 Å². The molecule has 1 atom stereocenters. The highest BCUT2D eigenvalue weighted by Crippen LogP contribution is 2.08. The Balaban J connectivity index is 2.47. The lowest BCUT2D eigenvalue weighted by Crippen LogP contribution is -2.55. The maximum atomic E-state index is 11.9. The van der Waals surface area contributed by atoms with Crippen molar-refractivity contribution in [2.24, 2.45) is 0 Å². The molecule has 0 aromatic rings. The van der Waals surface area contributed by atoms with E-state index in [1.807, 2.05) is 4.90 Å². The quantitative estimate of drug-likeness (QED) is 0.705. The van der Waals surface area contributed by atoms with Gasteiger partial charge in [0.15, 0.2) is 0 Å². The Bertz CT molecular complexity index is 356. The van der Waals surface area contributed by atoms with E-state index in [2.05, 4.69) is 5.92 Å². The van der Waals surface area contributed by atoms with Gasteiger partial charge in [-0.05, 0) is 6.92 Å². The first-order chi connectivity index (χ1) is 8.47. The molecule has 1 aliphatic heterocycles. The molecule has 1 fully saturated rings. The number of carboxylic acid groups (broad SMARTS) is 1. The number of hydrogen-bond donors (Lipinski definition) is 1. The number of hydrogen-bond acceptors (Lipinski definition) is 3. The lowest BCUT2D eigenvalue weighted by molar-refractivity contribution is -0.143. The first-order valence-electron chi connectivity index (χ1n) is 5.87.